The second-order valence-electron chi connectivity index (χ2n) is 4.82. The minimum Gasteiger partial charge on any atom is -0.478 e. The van der Waals surface area contributed by atoms with Gasteiger partial charge in [-0.15, -0.1) is 16.4 Å². The lowest BCUT2D eigenvalue weighted by atomic mass is 10.1. The summed E-state index contributed by atoms with van der Waals surface area (Å²) in [4.78, 5) is 17.0. The Balaban J connectivity index is 2.30. The van der Waals surface area contributed by atoms with E-state index in [2.05, 4.69) is 27.4 Å². The van der Waals surface area contributed by atoms with Crippen LogP contribution in [0.4, 0.5) is 5.82 Å². The number of aromatic nitrogens is 3. The molecule has 0 radical (unpaired) electrons. The average Bonchev–Trinajstić information content (AvgIpc) is 2.91. The van der Waals surface area contributed by atoms with E-state index in [0.717, 1.165) is 11.4 Å². The quantitative estimate of drug-likeness (QED) is 0.883. The number of carboxylic acids is 1. The summed E-state index contributed by atoms with van der Waals surface area (Å²) < 4.78 is 0. The molecule has 21 heavy (non-hydrogen) atoms. The fourth-order valence-electron chi connectivity index (χ4n) is 1.92. The summed E-state index contributed by atoms with van der Waals surface area (Å²) in [5.74, 6) is -0.722. The van der Waals surface area contributed by atoms with Gasteiger partial charge in [0.05, 0.1) is 11.7 Å². The van der Waals surface area contributed by atoms with E-state index in [1.807, 2.05) is 13.1 Å². The van der Waals surface area contributed by atoms with Gasteiger partial charge in [-0.05, 0) is 32.8 Å². The van der Waals surface area contributed by atoms with Gasteiger partial charge in [-0.2, -0.15) is 5.10 Å². The van der Waals surface area contributed by atoms with Gasteiger partial charge in [-0.1, -0.05) is 6.92 Å². The molecule has 1 unspecified atom stereocenters. The van der Waals surface area contributed by atoms with Crippen LogP contribution in [0, 0.1) is 13.8 Å². The highest BCUT2D eigenvalue weighted by atomic mass is 32.1. The van der Waals surface area contributed by atoms with Crippen molar-refractivity contribution in [1.29, 1.82) is 0 Å². The van der Waals surface area contributed by atoms with Crippen LogP contribution in [-0.2, 0) is 6.42 Å². The molecule has 0 aliphatic heterocycles. The maximum Gasteiger partial charge on any atom is 0.339 e. The summed E-state index contributed by atoms with van der Waals surface area (Å²) in [6, 6.07) is -0.121. The van der Waals surface area contributed by atoms with Crippen LogP contribution in [0.15, 0.2) is 6.20 Å². The van der Waals surface area contributed by atoms with Gasteiger partial charge >= 0.3 is 5.97 Å². The number of nitrogens with zero attached hydrogens (tertiary/aromatic N) is 3. The first kappa shape index (κ1) is 15.4. The number of thiazole rings is 1. The van der Waals surface area contributed by atoms with Crippen molar-refractivity contribution in [3.63, 3.8) is 0 Å². The van der Waals surface area contributed by atoms with Crippen molar-refractivity contribution in [3.05, 3.63) is 32.9 Å². The Bertz CT molecular complexity index is 669. The monoisotopic (exact) mass is 306 g/mol. The lowest BCUT2D eigenvalue weighted by Gasteiger charge is -2.15. The first-order valence-corrected chi connectivity index (χ1v) is 7.54. The van der Waals surface area contributed by atoms with E-state index in [0.29, 0.717) is 11.3 Å². The first-order valence-electron chi connectivity index (χ1n) is 6.72. The molecule has 1 atom stereocenters. The molecule has 112 valence electrons. The first-order chi connectivity index (χ1) is 9.93. The summed E-state index contributed by atoms with van der Waals surface area (Å²) in [5.41, 5.74) is 1.41. The lowest BCUT2D eigenvalue weighted by Crippen LogP contribution is -2.15. The number of anilines is 1. The van der Waals surface area contributed by atoms with E-state index in [4.69, 9.17) is 0 Å². The second kappa shape index (κ2) is 6.17. The van der Waals surface area contributed by atoms with Crippen LogP contribution >= 0.6 is 11.3 Å². The molecule has 0 spiro atoms. The molecule has 7 heteroatoms. The summed E-state index contributed by atoms with van der Waals surface area (Å²) in [6.45, 7) is 7.49. The van der Waals surface area contributed by atoms with Crippen LogP contribution in [0.2, 0.25) is 0 Å². The Labute approximate surface area is 127 Å². The Hall–Kier alpha value is -2.02. The summed E-state index contributed by atoms with van der Waals surface area (Å²) in [6.07, 6.45) is 2.79. The molecule has 0 aliphatic rings. The molecule has 2 N–H and O–H groups in total. The number of hydrogen-bond donors (Lipinski definition) is 2. The number of carboxylic acid groups (broad SMARTS) is 1. The Morgan fingerprint density at radius 2 is 2.14 bits per heavy atom. The summed E-state index contributed by atoms with van der Waals surface area (Å²) in [5, 5.41) is 21.4. The number of aryl methyl sites for hydroxylation is 2. The topological polar surface area (TPSA) is 88.0 Å². The molecule has 0 saturated carbocycles. The minimum absolute atomic E-state index is 0.121. The van der Waals surface area contributed by atoms with Gasteiger partial charge in [-0.25, -0.2) is 9.78 Å². The molecule has 0 aromatic carbocycles. The van der Waals surface area contributed by atoms with Crippen molar-refractivity contribution in [1.82, 2.24) is 15.2 Å². The van der Waals surface area contributed by atoms with Crippen molar-refractivity contribution in [2.24, 2.45) is 0 Å². The van der Waals surface area contributed by atoms with Gasteiger partial charge in [0.25, 0.3) is 0 Å². The van der Waals surface area contributed by atoms with Crippen LogP contribution in [0.3, 0.4) is 0 Å². The van der Waals surface area contributed by atoms with Gasteiger partial charge in [-0.3, -0.25) is 0 Å². The van der Waals surface area contributed by atoms with E-state index in [1.165, 1.54) is 4.88 Å². The summed E-state index contributed by atoms with van der Waals surface area (Å²) >= 11 is 1.61. The van der Waals surface area contributed by atoms with Crippen LogP contribution in [0.5, 0.6) is 0 Å². The predicted octanol–water partition coefficient (Wildman–Crippen LogP) is 2.98. The zero-order chi connectivity index (χ0) is 15.6. The SMILES string of the molecule is CCc1cnc(C(C)Nc2nnc(C)c(C)c2C(=O)O)s1. The highest BCUT2D eigenvalue weighted by Crippen LogP contribution is 2.26. The number of hydrogen-bond acceptors (Lipinski definition) is 6. The molecule has 0 amide bonds. The largest absolute Gasteiger partial charge is 0.478 e. The number of carbonyl (C=O) groups is 1. The van der Waals surface area contributed by atoms with Crippen molar-refractivity contribution < 1.29 is 9.90 Å². The van der Waals surface area contributed by atoms with E-state index in [-0.39, 0.29) is 17.4 Å². The fraction of sp³-hybridized carbons (Fsp3) is 0.429. The Morgan fingerprint density at radius 1 is 1.43 bits per heavy atom. The smallest absolute Gasteiger partial charge is 0.339 e. The van der Waals surface area contributed by atoms with Crippen LogP contribution < -0.4 is 5.32 Å². The van der Waals surface area contributed by atoms with Gasteiger partial charge in [0.2, 0.25) is 0 Å². The maximum atomic E-state index is 11.4. The van der Waals surface area contributed by atoms with Crippen LogP contribution in [0.1, 0.15) is 51.4 Å². The van der Waals surface area contributed by atoms with Crippen molar-refractivity contribution in [2.45, 2.75) is 40.2 Å². The molecule has 0 bridgehead atoms. The molecule has 6 nitrogen and oxygen atoms in total. The van der Waals surface area contributed by atoms with Crippen LogP contribution in [0.25, 0.3) is 0 Å². The molecule has 2 aromatic rings. The minimum atomic E-state index is -1.01. The van der Waals surface area contributed by atoms with Crippen molar-refractivity contribution in [3.8, 4) is 0 Å². The molecule has 2 heterocycles. The molecule has 2 aromatic heterocycles. The molecule has 0 fully saturated rings. The zero-order valence-electron chi connectivity index (χ0n) is 12.5. The van der Waals surface area contributed by atoms with Gasteiger partial charge in [0.1, 0.15) is 10.6 Å². The molecule has 0 aliphatic carbocycles. The lowest BCUT2D eigenvalue weighted by molar-refractivity contribution is 0.0696. The average molecular weight is 306 g/mol. The highest BCUT2D eigenvalue weighted by Gasteiger charge is 2.20. The third-order valence-electron chi connectivity index (χ3n) is 3.31. The molecular formula is C14H18N4O2S. The van der Waals surface area contributed by atoms with Crippen molar-refractivity contribution in [2.75, 3.05) is 5.32 Å². The second-order valence-corrected chi connectivity index (χ2v) is 5.97. The Morgan fingerprint density at radius 3 is 2.71 bits per heavy atom. The molecule has 0 saturated heterocycles. The summed E-state index contributed by atoms with van der Waals surface area (Å²) in [7, 11) is 0. The van der Waals surface area contributed by atoms with E-state index in [1.54, 1.807) is 25.2 Å². The van der Waals surface area contributed by atoms with Gasteiger partial charge in [0.15, 0.2) is 5.82 Å². The number of aromatic carboxylic acids is 1. The van der Waals surface area contributed by atoms with Gasteiger partial charge in [0, 0.05) is 11.1 Å². The van der Waals surface area contributed by atoms with E-state index in [9.17, 15) is 9.90 Å². The predicted molar refractivity (Wildman–Crippen MR) is 82.0 cm³/mol. The number of nitrogens with one attached hydrogen (secondary N) is 1. The molecule has 2 rings (SSSR count). The standard InChI is InChI=1S/C14H18N4O2S/c1-5-10-6-15-13(21-10)9(4)16-12-11(14(19)20)7(2)8(3)17-18-12/h6,9H,5H2,1-4H3,(H,16,18)(H,19,20). The van der Waals surface area contributed by atoms with Crippen molar-refractivity contribution >= 4 is 23.1 Å². The molecular weight excluding hydrogens is 288 g/mol. The third-order valence-corrected chi connectivity index (χ3v) is 4.64. The maximum absolute atomic E-state index is 11.4. The van der Waals surface area contributed by atoms with E-state index >= 15 is 0 Å². The van der Waals surface area contributed by atoms with Crippen LogP contribution in [-0.4, -0.2) is 26.3 Å². The third kappa shape index (κ3) is 3.18. The normalized spacial score (nSPS) is 12.2. The number of rotatable bonds is 5. The Kier molecular flexibility index (Phi) is 4.52. The van der Waals surface area contributed by atoms with E-state index < -0.39 is 5.97 Å². The highest BCUT2D eigenvalue weighted by molar-refractivity contribution is 7.11. The fourth-order valence-corrected chi connectivity index (χ4v) is 2.78. The van der Waals surface area contributed by atoms with Gasteiger partial charge < -0.3 is 10.4 Å². The zero-order valence-corrected chi connectivity index (χ0v) is 13.3.